The Morgan fingerprint density at radius 3 is 2.70 bits per heavy atom. The van der Waals surface area contributed by atoms with E-state index in [1.165, 1.54) is 11.1 Å². The van der Waals surface area contributed by atoms with E-state index in [0.717, 1.165) is 37.2 Å². The normalized spacial score (nSPS) is 15.3. The number of anilines is 1. The Morgan fingerprint density at radius 1 is 1.17 bits per heavy atom. The van der Waals surface area contributed by atoms with E-state index in [-0.39, 0.29) is 11.8 Å². The van der Waals surface area contributed by atoms with Crippen LogP contribution in [0.25, 0.3) is 11.4 Å². The molecule has 0 radical (unpaired) electrons. The first-order valence-electron chi connectivity index (χ1n) is 10.2. The van der Waals surface area contributed by atoms with Gasteiger partial charge in [-0.05, 0) is 75.2 Å². The fourth-order valence-corrected chi connectivity index (χ4v) is 3.86. The molecule has 3 aromatic rings. The Hall–Kier alpha value is -2.70. The van der Waals surface area contributed by atoms with Crippen molar-refractivity contribution >= 4 is 23.2 Å². The summed E-state index contributed by atoms with van der Waals surface area (Å²) in [6, 6.07) is 13.4. The zero-order chi connectivity index (χ0) is 21.1. The van der Waals surface area contributed by atoms with Gasteiger partial charge < -0.3 is 9.84 Å². The second kappa shape index (κ2) is 8.98. The van der Waals surface area contributed by atoms with Crippen molar-refractivity contribution in [3.05, 3.63) is 64.5 Å². The van der Waals surface area contributed by atoms with Crippen molar-refractivity contribution in [2.45, 2.75) is 33.2 Å². The minimum absolute atomic E-state index is 0.0209. The Bertz CT molecular complexity index is 1040. The molecule has 0 bridgehead atoms. The van der Waals surface area contributed by atoms with Crippen LogP contribution in [0.5, 0.6) is 0 Å². The van der Waals surface area contributed by atoms with Gasteiger partial charge in [0.15, 0.2) is 0 Å². The number of aromatic nitrogens is 2. The summed E-state index contributed by atoms with van der Waals surface area (Å²) in [6.45, 7) is 6.34. The van der Waals surface area contributed by atoms with Crippen molar-refractivity contribution in [2.24, 2.45) is 5.92 Å². The van der Waals surface area contributed by atoms with Crippen LogP contribution in [0, 0.1) is 19.8 Å². The number of halogens is 1. The topological polar surface area (TPSA) is 71.3 Å². The molecule has 1 aliphatic heterocycles. The Morgan fingerprint density at radius 2 is 1.97 bits per heavy atom. The third kappa shape index (κ3) is 4.89. The van der Waals surface area contributed by atoms with E-state index in [4.69, 9.17) is 16.1 Å². The molecule has 0 aliphatic carbocycles. The van der Waals surface area contributed by atoms with Gasteiger partial charge in [0.25, 0.3) is 0 Å². The molecule has 0 spiro atoms. The highest BCUT2D eigenvalue weighted by atomic mass is 35.5. The predicted octanol–water partition coefficient (Wildman–Crippen LogP) is 4.86. The number of carbonyl (C=O) groups is 1. The summed E-state index contributed by atoms with van der Waals surface area (Å²) in [5.41, 5.74) is 4.10. The van der Waals surface area contributed by atoms with Gasteiger partial charge in [0, 0.05) is 22.2 Å². The third-order valence-corrected chi connectivity index (χ3v) is 5.88. The molecule has 0 atom stereocenters. The summed E-state index contributed by atoms with van der Waals surface area (Å²) >= 11 is 6.03. The number of amides is 1. The lowest BCUT2D eigenvalue weighted by Gasteiger charge is -2.30. The van der Waals surface area contributed by atoms with E-state index in [1.807, 2.05) is 42.5 Å². The first-order chi connectivity index (χ1) is 14.5. The number of hydrogen-bond donors (Lipinski definition) is 1. The zero-order valence-corrected chi connectivity index (χ0v) is 17.9. The maximum Gasteiger partial charge on any atom is 0.241 e. The molecule has 6 nitrogen and oxygen atoms in total. The Balaban J connectivity index is 1.29. The molecule has 1 fully saturated rings. The van der Waals surface area contributed by atoms with Gasteiger partial charge in [-0.1, -0.05) is 35.0 Å². The van der Waals surface area contributed by atoms with Crippen LogP contribution < -0.4 is 5.32 Å². The lowest BCUT2D eigenvalue weighted by Crippen LogP contribution is -2.37. The highest BCUT2D eigenvalue weighted by Gasteiger charge is 2.26. The molecule has 4 rings (SSSR count). The fourth-order valence-electron chi connectivity index (χ4n) is 3.67. The third-order valence-electron chi connectivity index (χ3n) is 5.64. The van der Waals surface area contributed by atoms with E-state index in [0.29, 0.717) is 23.3 Å². The van der Waals surface area contributed by atoms with Crippen LogP contribution >= 0.6 is 11.6 Å². The molecule has 2 aromatic carbocycles. The van der Waals surface area contributed by atoms with Gasteiger partial charge in [0.05, 0.1) is 6.54 Å². The number of nitrogens with one attached hydrogen (secondary N) is 1. The van der Waals surface area contributed by atoms with Crippen LogP contribution in [0.1, 0.15) is 29.9 Å². The monoisotopic (exact) mass is 424 g/mol. The molecule has 0 unspecified atom stereocenters. The number of rotatable bonds is 5. The smallest absolute Gasteiger partial charge is 0.241 e. The number of piperidine rings is 1. The van der Waals surface area contributed by atoms with Crippen LogP contribution in [0.4, 0.5) is 5.69 Å². The number of carbonyl (C=O) groups excluding carboxylic acids is 1. The summed E-state index contributed by atoms with van der Waals surface area (Å²) in [5.74, 6) is 1.23. The first-order valence-corrected chi connectivity index (χ1v) is 10.5. The number of benzene rings is 2. The first kappa shape index (κ1) is 20.6. The van der Waals surface area contributed by atoms with Crippen molar-refractivity contribution in [2.75, 3.05) is 18.4 Å². The molecule has 30 heavy (non-hydrogen) atoms. The van der Waals surface area contributed by atoms with E-state index in [9.17, 15) is 4.79 Å². The minimum atomic E-state index is 0.0209. The van der Waals surface area contributed by atoms with Gasteiger partial charge in [-0.25, -0.2) is 0 Å². The summed E-state index contributed by atoms with van der Waals surface area (Å²) in [4.78, 5) is 19.4. The van der Waals surface area contributed by atoms with E-state index in [2.05, 4.69) is 34.2 Å². The SMILES string of the molecule is Cc1ccc(NC(=O)C2CCN(Cc3nc(-c4cccc(Cl)c4)no3)CC2)cc1C. The van der Waals surface area contributed by atoms with Crippen LogP contribution in [-0.2, 0) is 11.3 Å². The van der Waals surface area contributed by atoms with Crippen LogP contribution in [0.2, 0.25) is 5.02 Å². The zero-order valence-electron chi connectivity index (χ0n) is 17.2. The quantitative estimate of drug-likeness (QED) is 0.633. The average molecular weight is 425 g/mol. The van der Waals surface area contributed by atoms with Crippen LogP contribution in [0.15, 0.2) is 47.0 Å². The summed E-state index contributed by atoms with van der Waals surface area (Å²) < 4.78 is 5.41. The second-order valence-electron chi connectivity index (χ2n) is 7.86. The molecule has 7 heteroatoms. The maximum atomic E-state index is 12.6. The number of likely N-dealkylation sites (tertiary alicyclic amines) is 1. The summed E-state index contributed by atoms with van der Waals surface area (Å²) in [5, 5.41) is 7.76. The second-order valence-corrected chi connectivity index (χ2v) is 8.30. The molecule has 1 amide bonds. The highest BCUT2D eigenvalue weighted by molar-refractivity contribution is 6.30. The number of hydrogen-bond acceptors (Lipinski definition) is 5. The van der Waals surface area contributed by atoms with Crippen molar-refractivity contribution < 1.29 is 9.32 Å². The lowest BCUT2D eigenvalue weighted by molar-refractivity contribution is -0.121. The molecular formula is C23H25ClN4O2. The van der Waals surface area contributed by atoms with Crippen LogP contribution in [0.3, 0.4) is 0 Å². The largest absolute Gasteiger partial charge is 0.338 e. The number of aryl methyl sites for hydroxylation is 2. The lowest BCUT2D eigenvalue weighted by atomic mass is 9.95. The summed E-state index contributed by atoms with van der Waals surface area (Å²) in [6.07, 6.45) is 1.62. The molecule has 1 N–H and O–H groups in total. The molecule has 156 valence electrons. The highest BCUT2D eigenvalue weighted by Crippen LogP contribution is 2.23. The predicted molar refractivity (Wildman–Crippen MR) is 117 cm³/mol. The Kier molecular flexibility index (Phi) is 6.16. The van der Waals surface area contributed by atoms with Gasteiger partial charge in [-0.2, -0.15) is 4.98 Å². The van der Waals surface area contributed by atoms with E-state index >= 15 is 0 Å². The molecule has 1 saturated heterocycles. The molecule has 0 saturated carbocycles. The summed E-state index contributed by atoms with van der Waals surface area (Å²) in [7, 11) is 0. The van der Waals surface area contributed by atoms with Gasteiger partial charge in [-0.15, -0.1) is 0 Å². The van der Waals surface area contributed by atoms with E-state index in [1.54, 1.807) is 0 Å². The minimum Gasteiger partial charge on any atom is -0.338 e. The van der Waals surface area contributed by atoms with Crippen LogP contribution in [-0.4, -0.2) is 34.0 Å². The molecule has 1 aliphatic rings. The van der Waals surface area contributed by atoms with Crippen molar-refractivity contribution in [1.82, 2.24) is 15.0 Å². The molecule has 1 aromatic heterocycles. The maximum absolute atomic E-state index is 12.6. The van der Waals surface area contributed by atoms with Gasteiger partial charge in [-0.3, -0.25) is 9.69 Å². The van der Waals surface area contributed by atoms with Gasteiger partial charge >= 0.3 is 0 Å². The van der Waals surface area contributed by atoms with Crippen molar-refractivity contribution in [3.63, 3.8) is 0 Å². The van der Waals surface area contributed by atoms with Gasteiger partial charge in [0.1, 0.15) is 0 Å². The molecule has 2 heterocycles. The van der Waals surface area contributed by atoms with E-state index < -0.39 is 0 Å². The molecular weight excluding hydrogens is 400 g/mol. The van der Waals surface area contributed by atoms with Crippen molar-refractivity contribution in [3.8, 4) is 11.4 Å². The average Bonchev–Trinajstić information content (AvgIpc) is 3.20. The number of nitrogens with zero attached hydrogens (tertiary/aromatic N) is 3. The standard InChI is InChI=1S/C23H25ClN4O2/c1-15-6-7-20(12-16(15)2)25-23(29)17-8-10-28(11-9-17)14-21-26-22(27-30-21)18-4-3-5-19(24)13-18/h3-7,12-13,17H,8-11,14H2,1-2H3,(H,25,29). The Labute approximate surface area is 181 Å². The van der Waals surface area contributed by atoms with Gasteiger partial charge in [0.2, 0.25) is 17.6 Å². The fraction of sp³-hybridized carbons (Fsp3) is 0.348. The van der Waals surface area contributed by atoms with Crippen molar-refractivity contribution in [1.29, 1.82) is 0 Å².